The van der Waals surface area contributed by atoms with E-state index in [0.717, 1.165) is 25.0 Å². The lowest BCUT2D eigenvalue weighted by molar-refractivity contribution is -0.122. The number of carbonyl (C=O) groups excluding carboxylic acids is 2. The maximum Gasteiger partial charge on any atom is 0.320 e. The van der Waals surface area contributed by atoms with Crippen LogP contribution in [0.3, 0.4) is 0 Å². The molecule has 0 spiro atoms. The Bertz CT molecular complexity index is 587. The highest BCUT2D eigenvalue weighted by Crippen LogP contribution is 2.15. The summed E-state index contributed by atoms with van der Waals surface area (Å²) in [5, 5.41) is 3.53. The van der Waals surface area contributed by atoms with Crippen LogP contribution in [0.1, 0.15) is 18.4 Å². The molecule has 1 aromatic carbocycles. The van der Waals surface area contributed by atoms with Gasteiger partial charge >= 0.3 is 6.03 Å². The molecule has 1 N–H and O–H groups in total. The number of amides is 3. The molecule has 1 aromatic rings. The van der Waals surface area contributed by atoms with E-state index in [2.05, 4.69) is 5.32 Å². The van der Waals surface area contributed by atoms with E-state index in [-0.39, 0.29) is 24.6 Å². The van der Waals surface area contributed by atoms with Crippen LogP contribution in [0.15, 0.2) is 24.3 Å². The van der Waals surface area contributed by atoms with Gasteiger partial charge in [-0.25, -0.2) is 4.79 Å². The number of ether oxygens (including phenoxy) is 1. The van der Waals surface area contributed by atoms with Gasteiger partial charge in [-0.3, -0.25) is 4.79 Å². The van der Waals surface area contributed by atoms with Crippen LogP contribution in [0, 0.1) is 0 Å². The fourth-order valence-electron chi connectivity index (χ4n) is 3.00. The van der Waals surface area contributed by atoms with Gasteiger partial charge in [-0.05, 0) is 30.5 Å². The second-order valence-corrected chi connectivity index (χ2v) is 6.63. The van der Waals surface area contributed by atoms with Crippen LogP contribution >= 0.6 is 11.6 Å². The van der Waals surface area contributed by atoms with Crippen LogP contribution in [0.4, 0.5) is 4.79 Å². The summed E-state index contributed by atoms with van der Waals surface area (Å²) in [6.07, 6.45) is 2.15. The first-order chi connectivity index (χ1) is 11.6. The standard InChI is InChI=1S/C17H22ClN3O3/c18-14-5-3-13(4-6-14)11-20-7-8-21(17(20)23)12-16(22)19-10-15-2-1-9-24-15/h3-6,15H,1-2,7-12H2,(H,19,22). The van der Waals surface area contributed by atoms with Crippen molar-refractivity contribution in [3.8, 4) is 0 Å². The zero-order chi connectivity index (χ0) is 16.9. The highest BCUT2D eigenvalue weighted by Gasteiger charge is 2.29. The Balaban J connectivity index is 1.44. The number of hydrogen-bond donors (Lipinski definition) is 1. The van der Waals surface area contributed by atoms with Gasteiger partial charge in [0.05, 0.1) is 6.10 Å². The minimum atomic E-state index is -0.132. The van der Waals surface area contributed by atoms with Crippen molar-refractivity contribution in [2.45, 2.75) is 25.5 Å². The quantitative estimate of drug-likeness (QED) is 0.851. The van der Waals surface area contributed by atoms with Gasteiger partial charge in [0.2, 0.25) is 5.91 Å². The molecule has 0 saturated carbocycles. The molecule has 2 fully saturated rings. The SMILES string of the molecule is O=C(CN1CCN(Cc2ccc(Cl)cc2)C1=O)NCC1CCCO1. The number of carbonyl (C=O) groups is 2. The highest BCUT2D eigenvalue weighted by atomic mass is 35.5. The third kappa shape index (κ3) is 4.39. The van der Waals surface area contributed by atoms with Crippen LogP contribution < -0.4 is 5.32 Å². The summed E-state index contributed by atoms with van der Waals surface area (Å²) >= 11 is 5.87. The summed E-state index contributed by atoms with van der Waals surface area (Å²) in [5.74, 6) is -0.132. The largest absolute Gasteiger partial charge is 0.376 e. The van der Waals surface area contributed by atoms with Crippen molar-refractivity contribution in [3.63, 3.8) is 0 Å². The molecule has 2 aliphatic rings. The highest BCUT2D eigenvalue weighted by molar-refractivity contribution is 6.30. The van der Waals surface area contributed by atoms with Crippen LogP contribution in [-0.4, -0.2) is 60.6 Å². The Kier molecular flexibility index (Phi) is 5.58. The van der Waals surface area contributed by atoms with Crippen LogP contribution in [0.25, 0.3) is 0 Å². The molecule has 2 heterocycles. The molecule has 0 aliphatic carbocycles. The smallest absolute Gasteiger partial charge is 0.320 e. The lowest BCUT2D eigenvalue weighted by Gasteiger charge is -2.19. The number of rotatable bonds is 6. The van der Waals surface area contributed by atoms with Crippen LogP contribution in [0.2, 0.25) is 5.02 Å². The Labute approximate surface area is 146 Å². The molecular weight excluding hydrogens is 330 g/mol. The van der Waals surface area contributed by atoms with Crippen molar-refractivity contribution in [2.24, 2.45) is 0 Å². The second kappa shape index (κ2) is 7.85. The first-order valence-electron chi connectivity index (χ1n) is 8.28. The predicted molar refractivity (Wildman–Crippen MR) is 90.8 cm³/mol. The predicted octanol–water partition coefficient (Wildman–Crippen LogP) is 1.87. The van der Waals surface area contributed by atoms with Gasteiger partial charge < -0.3 is 19.9 Å². The minimum Gasteiger partial charge on any atom is -0.376 e. The Morgan fingerprint density at radius 3 is 2.71 bits per heavy atom. The van der Waals surface area contributed by atoms with Gasteiger partial charge in [-0.2, -0.15) is 0 Å². The van der Waals surface area contributed by atoms with Crippen molar-refractivity contribution >= 4 is 23.5 Å². The van der Waals surface area contributed by atoms with Crippen molar-refractivity contribution in [2.75, 3.05) is 32.8 Å². The number of halogens is 1. The first kappa shape index (κ1) is 17.0. The molecule has 0 bridgehead atoms. The molecule has 0 radical (unpaired) electrons. The monoisotopic (exact) mass is 351 g/mol. The number of nitrogens with one attached hydrogen (secondary N) is 1. The molecule has 1 unspecified atom stereocenters. The minimum absolute atomic E-state index is 0.0998. The summed E-state index contributed by atoms with van der Waals surface area (Å²) in [5.41, 5.74) is 1.03. The number of urea groups is 1. The summed E-state index contributed by atoms with van der Waals surface area (Å²) < 4.78 is 5.47. The number of benzene rings is 1. The maximum absolute atomic E-state index is 12.4. The van der Waals surface area contributed by atoms with E-state index >= 15 is 0 Å². The zero-order valence-corrected chi connectivity index (χ0v) is 14.3. The number of hydrogen-bond acceptors (Lipinski definition) is 3. The van der Waals surface area contributed by atoms with Gasteiger partial charge in [0.1, 0.15) is 6.54 Å². The summed E-state index contributed by atoms with van der Waals surface area (Å²) in [7, 11) is 0. The molecular formula is C17H22ClN3O3. The molecule has 6 nitrogen and oxygen atoms in total. The van der Waals surface area contributed by atoms with E-state index in [1.165, 1.54) is 0 Å². The fraction of sp³-hybridized carbons (Fsp3) is 0.529. The fourth-order valence-corrected chi connectivity index (χ4v) is 3.12. The molecule has 7 heteroatoms. The zero-order valence-electron chi connectivity index (χ0n) is 13.5. The average molecular weight is 352 g/mol. The van der Waals surface area contributed by atoms with E-state index in [4.69, 9.17) is 16.3 Å². The van der Waals surface area contributed by atoms with E-state index in [9.17, 15) is 9.59 Å². The average Bonchev–Trinajstić information content (AvgIpc) is 3.20. The lowest BCUT2D eigenvalue weighted by atomic mass is 10.2. The van der Waals surface area contributed by atoms with Gasteiger partial charge in [0.25, 0.3) is 0 Å². The lowest BCUT2D eigenvalue weighted by Crippen LogP contribution is -2.41. The summed E-state index contributed by atoms with van der Waals surface area (Å²) in [6, 6.07) is 7.35. The molecule has 0 aromatic heterocycles. The van der Waals surface area contributed by atoms with Crippen LogP contribution in [-0.2, 0) is 16.1 Å². The third-order valence-corrected chi connectivity index (χ3v) is 4.60. The van der Waals surface area contributed by atoms with Crippen molar-refractivity contribution in [1.29, 1.82) is 0 Å². The molecule has 3 amide bonds. The third-order valence-electron chi connectivity index (χ3n) is 4.35. The van der Waals surface area contributed by atoms with E-state index in [1.54, 1.807) is 9.80 Å². The molecule has 2 saturated heterocycles. The van der Waals surface area contributed by atoms with Crippen molar-refractivity contribution in [1.82, 2.24) is 15.1 Å². The summed E-state index contributed by atoms with van der Waals surface area (Å²) in [4.78, 5) is 27.7. The number of nitrogens with zero attached hydrogens (tertiary/aromatic N) is 2. The van der Waals surface area contributed by atoms with Crippen molar-refractivity contribution < 1.29 is 14.3 Å². The normalized spacial score (nSPS) is 20.7. The molecule has 130 valence electrons. The Morgan fingerprint density at radius 1 is 1.25 bits per heavy atom. The maximum atomic E-state index is 12.4. The van der Waals surface area contributed by atoms with E-state index in [1.807, 2.05) is 24.3 Å². The van der Waals surface area contributed by atoms with E-state index < -0.39 is 0 Å². The topological polar surface area (TPSA) is 61.9 Å². The van der Waals surface area contributed by atoms with Gasteiger partial charge in [0, 0.05) is 37.8 Å². The Morgan fingerprint density at radius 2 is 2.00 bits per heavy atom. The molecule has 3 rings (SSSR count). The first-order valence-corrected chi connectivity index (χ1v) is 8.66. The Hall–Kier alpha value is -1.79. The molecule has 1 atom stereocenters. The van der Waals surface area contributed by atoms with Gasteiger partial charge in [-0.15, -0.1) is 0 Å². The molecule has 2 aliphatic heterocycles. The van der Waals surface area contributed by atoms with Gasteiger partial charge in [0.15, 0.2) is 0 Å². The van der Waals surface area contributed by atoms with Gasteiger partial charge in [-0.1, -0.05) is 23.7 Å². The molecule has 24 heavy (non-hydrogen) atoms. The van der Waals surface area contributed by atoms with E-state index in [0.29, 0.717) is 31.2 Å². The summed E-state index contributed by atoms with van der Waals surface area (Å²) in [6.45, 7) is 3.12. The van der Waals surface area contributed by atoms with Crippen LogP contribution in [0.5, 0.6) is 0 Å². The van der Waals surface area contributed by atoms with Crippen molar-refractivity contribution in [3.05, 3.63) is 34.9 Å². The second-order valence-electron chi connectivity index (χ2n) is 6.19.